The molecule has 1 aromatic rings. The maximum atomic E-state index is 12.6. The molecule has 0 aliphatic rings. The number of halogens is 1. The van der Waals surface area contributed by atoms with Crippen LogP contribution in [0.2, 0.25) is 0 Å². The second-order valence-corrected chi connectivity index (χ2v) is 3.86. The number of amides is 1. The van der Waals surface area contributed by atoms with E-state index in [0.717, 1.165) is 5.56 Å². The fourth-order valence-electron chi connectivity index (χ4n) is 1.25. The van der Waals surface area contributed by atoms with E-state index in [1.165, 1.54) is 26.0 Å². The first-order chi connectivity index (χ1) is 8.41. The molecule has 0 bridgehead atoms. The van der Waals surface area contributed by atoms with E-state index >= 15 is 0 Å². The first-order valence-electron chi connectivity index (χ1n) is 5.35. The number of carbonyl (C=O) groups is 2. The van der Waals surface area contributed by atoms with Crippen molar-refractivity contribution in [2.75, 3.05) is 0 Å². The van der Waals surface area contributed by atoms with Gasteiger partial charge in [-0.1, -0.05) is 12.1 Å². The zero-order chi connectivity index (χ0) is 13.7. The molecule has 0 aliphatic carbocycles. The number of aliphatic carboxylic acids is 1. The number of carboxylic acid groups (broad SMARTS) is 1. The lowest BCUT2D eigenvalue weighted by molar-refractivity contribution is -0.133. The molecule has 1 amide bonds. The Labute approximate surface area is 104 Å². The highest BCUT2D eigenvalue weighted by molar-refractivity contribution is 6.01. The fourth-order valence-corrected chi connectivity index (χ4v) is 1.25. The molecule has 4 nitrogen and oxygen atoms in total. The third kappa shape index (κ3) is 3.69. The molecule has 0 saturated heterocycles. The smallest absolute Gasteiger partial charge is 0.331 e. The van der Waals surface area contributed by atoms with Crippen molar-refractivity contribution >= 4 is 11.9 Å². The number of hydrogen-bond donors (Lipinski definition) is 2. The van der Waals surface area contributed by atoms with Crippen LogP contribution in [-0.4, -0.2) is 17.0 Å². The predicted molar refractivity (Wildman–Crippen MR) is 64.3 cm³/mol. The van der Waals surface area contributed by atoms with Crippen molar-refractivity contribution < 1.29 is 19.1 Å². The van der Waals surface area contributed by atoms with Gasteiger partial charge in [-0.05, 0) is 31.5 Å². The van der Waals surface area contributed by atoms with Crippen molar-refractivity contribution in [1.29, 1.82) is 0 Å². The molecule has 0 aromatic heterocycles. The number of carboxylic acids is 1. The van der Waals surface area contributed by atoms with Crippen molar-refractivity contribution in [2.45, 2.75) is 20.4 Å². The van der Waals surface area contributed by atoms with Crippen LogP contribution in [0.3, 0.4) is 0 Å². The minimum Gasteiger partial charge on any atom is -0.478 e. The van der Waals surface area contributed by atoms with Crippen LogP contribution in [-0.2, 0) is 16.1 Å². The van der Waals surface area contributed by atoms with Crippen LogP contribution in [0, 0.1) is 5.82 Å². The fraction of sp³-hybridized carbons (Fsp3) is 0.231. The summed E-state index contributed by atoms with van der Waals surface area (Å²) in [5, 5.41) is 11.3. The van der Waals surface area contributed by atoms with Gasteiger partial charge in [0.15, 0.2) is 0 Å². The summed E-state index contributed by atoms with van der Waals surface area (Å²) < 4.78 is 12.6. The maximum absolute atomic E-state index is 12.6. The van der Waals surface area contributed by atoms with E-state index in [4.69, 9.17) is 5.11 Å². The second kappa shape index (κ2) is 5.95. The van der Waals surface area contributed by atoms with Crippen molar-refractivity contribution in [3.8, 4) is 0 Å². The highest BCUT2D eigenvalue weighted by atomic mass is 19.1. The molecule has 18 heavy (non-hydrogen) atoms. The van der Waals surface area contributed by atoms with E-state index in [9.17, 15) is 14.0 Å². The molecule has 0 radical (unpaired) electrons. The van der Waals surface area contributed by atoms with Gasteiger partial charge in [-0.15, -0.1) is 0 Å². The molecular weight excluding hydrogens is 237 g/mol. The normalized spacial score (nSPS) is 11.7. The van der Waals surface area contributed by atoms with E-state index in [1.54, 1.807) is 12.1 Å². The summed E-state index contributed by atoms with van der Waals surface area (Å²) in [5.74, 6) is -1.91. The summed E-state index contributed by atoms with van der Waals surface area (Å²) in [6.45, 7) is 3.04. The Morgan fingerprint density at radius 3 is 2.22 bits per heavy atom. The zero-order valence-electron chi connectivity index (χ0n) is 10.2. The van der Waals surface area contributed by atoms with Crippen LogP contribution in [0.15, 0.2) is 35.4 Å². The van der Waals surface area contributed by atoms with Crippen LogP contribution in [0.4, 0.5) is 4.39 Å². The van der Waals surface area contributed by atoms with Crippen LogP contribution in [0.1, 0.15) is 19.4 Å². The van der Waals surface area contributed by atoms with Crippen LogP contribution >= 0.6 is 0 Å². The molecule has 0 unspecified atom stereocenters. The van der Waals surface area contributed by atoms with Gasteiger partial charge in [0.2, 0.25) is 5.91 Å². The molecule has 0 atom stereocenters. The first kappa shape index (κ1) is 13.9. The molecule has 2 N–H and O–H groups in total. The third-order valence-corrected chi connectivity index (χ3v) is 2.59. The summed E-state index contributed by atoms with van der Waals surface area (Å²) in [6.07, 6.45) is 0. The average molecular weight is 251 g/mol. The molecule has 0 fully saturated rings. The predicted octanol–water partition coefficient (Wildman–Crippen LogP) is 1.86. The van der Waals surface area contributed by atoms with E-state index in [1.807, 2.05) is 0 Å². The van der Waals surface area contributed by atoms with Gasteiger partial charge in [0.25, 0.3) is 0 Å². The topological polar surface area (TPSA) is 66.4 Å². The Balaban J connectivity index is 2.64. The summed E-state index contributed by atoms with van der Waals surface area (Å²) in [6, 6.07) is 5.71. The summed E-state index contributed by atoms with van der Waals surface area (Å²) >= 11 is 0. The lowest BCUT2D eigenvalue weighted by atomic mass is 10.1. The number of rotatable bonds is 4. The molecule has 0 heterocycles. The van der Waals surface area contributed by atoms with Gasteiger partial charge in [0.05, 0.1) is 0 Å². The van der Waals surface area contributed by atoms with Gasteiger partial charge in [0.1, 0.15) is 5.82 Å². The van der Waals surface area contributed by atoms with Gasteiger partial charge >= 0.3 is 5.97 Å². The third-order valence-electron chi connectivity index (χ3n) is 2.59. The van der Waals surface area contributed by atoms with E-state index < -0.39 is 11.9 Å². The second-order valence-electron chi connectivity index (χ2n) is 3.86. The Bertz CT molecular complexity index is 491. The molecule has 0 aliphatic heterocycles. The molecule has 1 aromatic carbocycles. The van der Waals surface area contributed by atoms with Gasteiger partial charge < -0.3 is 10.4 Å². The number of benzene rings is 1. The highest BCUT2D eigenvalue weighted by Crippen LogP contribution is 2.05. The summed E-state index contributed by atoms with van der Waals surface area (Å²) in [4.78, 5) is 22.3. The molecular formula is C13H14FNO3. The highest BCUT2D eigenvalue weighted by Gasteiger charge is 2.12. The van der Waals surface area contributed by atoms with Gasteiger partial charge in [0, 0.05) is 17.7 Å². The van der Waals surface area contributed by atoms with E-state index in [-0.39, 0.29) is 23.5 Å². The number of carbonyl (C=O) groups excluding carboxylic acids is 1. The standard InChI is InChI=1S/C13H14FNO3/c1-8(9(2)13(17)18)12(16)15-7-10-3-5-11(14)6-4-10/h3-6H,7H2,1-2H3,(H,15,16)(H,17,18). The van der Waals surface area contributed by atoms with Crippen LogP contribution in [0.5, 0.6) is 0 Å². The van der Waals surface area contributed by atoms with Crippen molar-refractivity contribution in [1.82, 2.24) is 5.32 Å². The molecule has 96 valence electrons. The largest absolute Gasteiger partial charge is 0.478 e. The summed E-state index contributed by atoms with van der Waals surface area (Å²) in [5.41, 5.74) is 0.904. The van der Waals surface area contributed by atoms with Crippen molar-refractivity contribution in [3.63, 3.8) is 0 Å². The van der Waals surface area contributed by atoms with E-state index in [0.29, 0.717) is 0 Å². The van der Waals surface area contributed by atoms with Crippen molar-refractivity contribution in [3.05, 3.63) is 46.8 Å². The minimum atomic E-state index is -1.12. The SMILES string of the molecule is CC(C(=O)O)=C(C)C(=O)NCc1ccc(F)cc1. The molecule has 1 rings (SSSR count). The monoisotopic (exact) mass is 251 g/mol. The summed E-state index contributed by atoms with van der Waals surface area (Å²) in [7, 11) is 0. The quantitative estimate of drug-likeness (QED) is 0.803. The number of nitrogens with one attached hydrogen (secondary N) is 1. The Hall–Kier alpha value is -2.17. The van der Waals surface area contributed by atoms with Gasteiger partial charge in [-0.2, -0.15) is 0 Å². The van der Waals surface area contributed by atoms with Crippen LogP contribution < -0.4 is 5.32 Å². The molecule has 5 heteroatoms. The molecule has 0 spiro atoms. The Morgan fingerprint density at radius 1 is 1.17 bits per heavy atom. The molecule has 0 saturated carbocycles. The van der Waals surface area contributed by atoms with E-state index in [2.05, 4.69) is 5.32 Å². The van der Waals surface area contributed by atoms with Crippen LogP contribution in [0.25, 0.3) is 0 Å². The lowest BCUT2D eigenvalue weighted by Gasteiger charge is -2.07. The Morgan fingerprint density at radius 2 is 1.72 bits per heavy atom. The number of hydrogen-bond acceptors (Lipinski definition) is 2. The van der Waals surface area contributed by atoms with Gasteiger partial charge in [-0.25, -0.2) is 9.18 Å². The Kier molecular flexibility index (Phi) is 4.59. The van der Waals surface area contributed by atoms with Crippen molar-refractivity contribution in [2.24, 2.45) is 0 Å². The minimum absolute atomic E-state index is 0.00612. The van der Waals surface area contributed by atoms with Gasteiger partial charge in [-0.3, -0.25) is 4.79 Å². The maximum Gasteiger partial charge on any atom is 0.331 e. The first-order valence-corrected chi connectivity index (χ1v) is 5.35. The lowest BCUT2D eigenvalue weighted by Crippen LogP contribution is -2.25. The average Bonchev–Trinajstić information content (AvgIpc) is 2.35. The zero-order valence-corrected chi connectivity index (χ0v) is 10.2.